The van der Waals surface area contributed by atoms with Gasteiger partial charge in [-0.2, -0.15) is 0 Å². The maximum absolute atomic E-state index is 11.9. The number of rotatable bonds is 10. The fourth-order valence-electron chi connectivity index (χ4n) is 2.81. The molecule has 8 heteroatoms. The van der Waals surface area contributed by atoms with Gasteiger partial charge in [-0.1, -0.05) is 19.1 Å². The van der Waals surface area contributed by atoms with Crippen LogP contribution in [0.2, 0.25) is 0 Å². The van der Waals surface area contributed by atoms with Crippen LogP contribution in [0.25, 0.3) is 0 Å². The summed E-state index contributed by atoms with van der Waals surface area (Å²) in [5.41, 5.74) is 1.20. The molecule has 2 N–H and O–H groups in total. The number of hydrogen-bond donors (Lipinski definition) is 2. The van der Waals surface area contributed by atoms with Gasteiger partial charge in [0, 0.05) is 33.8 Å². The second kappa shape index (κ2) is 14.4. The van der Waals surface area contributed by atoms with Crippen LogP contribution >= 0.6 is 24.0 Å². The average molecular weight is 518 g/mol. The zero-order valence-electron chi connectivity index (χ0n) is 17.8. The van der Waals surface area contributed by atoms with Crippen LogP contribution in [0.3, 0.4) is 0 Å². The van der Waals surface area contributed by atoms with Crippen LogP contribution in [0.15, 0.2) is 29.3 Å². The van der Waals surface area contributed by atoms with Crippen LogP contribution < -0.4 is 15.4 Å². The Bertz CT molecular complexity index is 634. The van der Waals surface area contributed by atoms with Gasteiger partial charge < -0.3 is 25.0 Å². The second-order valence-corrected chi connectivity index (χ2v) is 7.14. The van der Waals surface area contributed by atoms with Crippen LogP contribution in [0, 0.1) is 0 Å². The smallest absolute Gasteiger partial charge is 0.243 e. The van der Waals surface area contributed by atoms with Crippen molar-refractivity contribution < 1.29 is 14.3 Å². The molecule has 0 aliphatic carbocycles. The van der Waals surface area contributed by atoms with Crippen molar-refractivity contribution in [3.05, 3.63) is 29.8 Å². The molecule has 164 valence electrons. The monoisotopic (exact) mass is 518 g/mol. The number of amides is 1. The van der Waals surface area contributed by atoms with Crippen LogP contribution in [0.5, 0.6) is 5.75 Å². The molecule has 0 spiro atoms. The average Bonchev–Trinajstić information content (AvgIpc) is 3.21. The van der Waals surface area contributed by atoms with E-state index in [1.54, 1.807) is 19.0 Å². The molecule has 1 aliphatic heterocycles. The van der Waals surface area contributed by atoms with E-state index >= 15 is 0 Å². The Morgan fingerprint density at radius 3 is 2.86 bits per heavy atom. The van der Waals surface area contributed by atoms with Crippen molar-refractivity contribution in [1.82, 2.24) is 15.5 Å². The first-order valence-corrected chi connectivity index (χ1v) is 10.1. The molecule has 29 heavy (non-hydrogen) atoms. The lowest BCUT2D eigenvalue weighted by atomic mass is 10.1. The third kappa shape index (κ3) is 10.2. The summed E-state index contributed by atoms with van der Waals surface area (Å²) in [5, 5.41) is 6.62. The highest BCUT2D eigenvalue weighted by molar-refractivity contribution is 14.0. The number of benzene rings is 1. The lowest BCUT2D eigenvalue weighted by molar-refractivity contribution is -0.127. The van der Waals surface area contributed by atoms with Gasteiger partial charge >= 0.3 is 0 Å². The molecule has 1 aromatic rings. The summed E-state index contributed by atoms with van der Waals surface area (Å²) >= 11 is 0. The minimum absolute atomic E-state index is 0. The molecule has 0 aromatic heterocycles. The molecule has 1 fully saturated rings. The van der Waals surface area contributed by atoms with Gasteiger partial charge in [-0.05, 0) is 43.4 Å². The van der Waals surface area contributed by atoms with Crippen molar-refractivity contribution in [1.29, 1.82) is 0 Å². The number of carbonyl (C=O) groups is 1. The number of hydrogen-bond acceptors (Lipinski definition) is 4. The topological polar surface area (TPSA) is 75.2 Å². The highest BCUT2D eigenvalue weighted by Crippen LogP contribution is 2.14. The number of likely N-dealkylation sites (N-methyl/N-ethyl adjacent to an activating group) is 1. The summed E-state index contributed by atoms with van der Waals surface area (Å²) < 4.78 is 11.3. The van der Waals surface area contributed by atoms with E-state index in [0.717, 1.165) is 44.6 Å². The van der Waals surface area contributed by atoms with Crippen molar-refractivity contribution in [3.8, 4) is 5.75 Å². The number of carbonyl (C=O) groups excluding carboxylic acids is 1. The Balaban J connectivity index is 0.00000420. The minimum Gasteiger partial charge on any atom is -0.494 e. The first-order valence-electron chi connectivity index (χ1n) is 10.1. The molecule has 1 atom stereocenters. The van der Waals surface area contributed by atoms with Crippen molar-refractivity contribution in [2.45, 2.75) is 38.7 Å². The van der Waals surface area contributed by atoms with Gasteiger partial charge in [0.15, 0.2) is 5.96 Å². The molecule has 1 aromatic carbocycles. The van der Waals surface area contributed by atoms with Crippen LogP contribution in [-0.2, 0) is 16.0 Å². The molecule has 1 saturated heterocycles. The normalized spacial score (nSPS) is 16.1. The Kier molecular flexibility index (Phi) is 12.7. The van der Waals surface area contributed by atoms with E-state index in [0.29, 0.717) is 19.0 Å². The van der Waals surface area contributed by atoms with Gasteiger partial charge in [0.1, 0.15) is 12.3 Å². The van der Waals surface area contributed by atoms with Crippen molar-refractivity contribution in [2.75, 3.05) is 46.9 Å². The number of aliphatic imine (C=N–C) groups is 1. The summed E-state index contributed by atoms with van der Waals surface area (Å²) in [4.78, 5) is 17.8. The predicted molar refractivity (Wildman–Crippen MR) is 127 cm³/mol. The van der Waals surface area contributed by atoms with E-state index in [-0.39, 0.29) is 42.5 Å². The summed E-state index contributed by atoms with van der Waals surface area (Å²) in [7, 11) is 3.47. The SMILES string of the molecule is CCCOc1cccc(CCNC(=NCC(=O)N(C)C)NCC2CCCO2)c1.I. The van der Waals surface area contributed by atoms with E-state index in [1.165, 1.54) is 5.56 Å². The summed E-state index contributed by atoms with van der Waals surface area (Å²) in [5.74, 6) is 1.52. The van der Waals surface area contributed by atoms with E-state index in [1.807, 2.05) is 12.1 Å². The van der Waals surface area contributed by atoms with Crippen LogP contribution in [-0.4, -0.2) is 69.8 Å². The number of halogens is 1. The number of nitrogens with one attached hydrogen (secondary N) is 2. The fourth-order valence-corrected chi connectivity index (χ4v) is 2.81. The molecular formula is C21H35IN4O3. The number of nitrogens with zero attached hydrogens (tertiary/aromatic N) is 2. The van der Waals surface area contributed by atoms with E-state index in [9.17, 15) is 4.79 Å². The Morgan fingerprint density at radius 2 is 2.17 bits per heavy atom. The predicted octanol–water partition coefficient (Wildman–Crippen LogP) is 2.44. The second-order valence-electron chi connectivity index (χ2n) is 7.14. The minimum atomic E-state index is -0.0287. The first kappa shape index (κ1) is 25.5. The molecule has 0 radical (unpaired) electrons. The Morgan fingerprint density at radius 1 is 1.34 bits per heavy atom. The van der Waals surface area contributed by atoms with E-state index in [2.05, 4.69) is 34.7 Å². The van der Waals surface area contributed by atoms with Gasteiger partial charge in [0.05, 0.1) is 12.7 Å². The molecular weight excluding hydrogens is 483 g/mol. The molecule has 7 nitrogen and oxygen atoms in total. The summed E-state index contributed by atoms with van der Waals surface area (Å²) in [6, 6.07) is 8.16. The zero-order valence-corrected chi connectivity index (χ0v) is 20.1. The van der Waals surface area contributed by atoms with Crippen molar-refractivity contribution in [3.63, 3.8) is 0 Å². The van der Waals surface area contributed by atoms with Crippen molar-refractivity contribution in [2.24, 2.45) is 4.99 Å². The maximum Gasteiger partial charge on any atom is 0.243 e. The molecule has 1 aliphatic rings. The molecule has 2 rings (SSSR count). The van der Waals surface area contributed by atoms with Gasteiger partial charge in [-0.15, -0.1) is 24.0 Å². The lowest BCUT2D eigenvalue weighted by Gasteiger charge is -2.16. The molecule has 1 unspecified atom stereocenters. The van der Waals surface area contributed by atoms with Crippen molar-refractivity contribution >= 4 is 35.8 Å². The summed E-state index contributed by atoms with van der Waals surface area (Å²) in [6.45, 7) is 5.17. The van der Waals surface area contributed by atoms with Gasteiger partial charge in [-0.3, -0.25) is 4.79 Å². The number of ether oxygens (including phenoxy) is 2. The first-order chi connectivity index (χ1) is 13.6. The summed E-state index contributed by atoms with van der Waals surface area (Å²) in [6.07, 6.45) is 4.20. The highest BCUT2D eigenvalue weighted by atomic mass is 127. The largest absolute Gasteiger partial charge is 0.494 e. The van der Waals surface area contributed by atoms with Gasteiger partial charge in [-0.25, -0.2) is 4.99 Å². The fraction of sp³-hybridized carbons (Fsp3) is 0.619. The van der Waals surface area contributed by atoms with E-state index < -0.39 is 0 Å². The Labute approximate surface area is 191 Å². The molecule has 1 heterocycles. The molecule has 1 amide bonds. The highest BCUT2D eigenvalue weighted by Gasteiger charge is 2.15. The third-order valence-electron chi connectivity index (χ3n) is 4.47. The van der Waals surface area contributed by atoms with Crippen LogP contribution in [0.4, 0.5) is 0 Å². The maximum atomic E-state index is 11.9. The molecule has 0 bridgehead atoms. The third-order valence-corrected chi connectivity index (χ3v) is 4.47. The Hall–Kier alpha value is -1.55. The quantitative estimate of drug-likeness (QED) is 0.283. The van der Waals surface area contributed by atoms with E-state index in [4.69, 9.17) is 9.47 Å². The number of guanidine groups is 1. The molecule has 0 saturated carbocycles. The van der Waals surface area contributed by atoms with Crippen LogP contribution in [0.1, 0.15) is 31.7 Å². The van der Waals surface area contributed by atoms with Gasteiger partial charge in [0.2, 0.25) is 5.91 Å². The van der Waals surface area contributed by atoms with Gasteiger partial charge in [0.25, 0.3) is 0 Å². The zero-order chi connectivity index (χ0) is 20.2. The standard InChI is InChI=1S/C21H34N4O3.HI/c1-4-12-27-18-8-5-7-17(14-18)10-11-22-21(24-16-20(26)25(2)3)23-15-19-9-6-13-28-19;/h5,7-8,14,19H,4,6,9-13,15-16H2,1-3H3,(H2,22,23,24);1H. The lowest BCUT2D eigenvalue weighted by Crippen LogP contribution is -2.42.